The number of nitrogens with zero attached hydrogens (tertiary/aromatic N) is 1. The number of halogens is 1. The van der Waals surface area contributed by atoms with Crippen molar-refractivity contribution in [2.75, 3.05) is 19.7 Å². The van der Waals surface area contributed by atoms with Gasteiger partial charge in [0.1, 0.15) is 0 Å². The summed E-state index contributed by atoms with van der Waals surface area (Å²) in [5.74, 6) is -0.347. The first-order chi connectivity index (χ1) is 9.58. The maximum atomic E-state index is 11.3. The van der Waals surface area contributed by atoms with Crippen molar-refractivity contribution < 1.29 is 19.4 Å². The van der Waals surface area contributed by atoms with Crippen molar-refractivity contribution in [2.24, 2.45) is 0 Å². The van der Waals surface area contributed by atoms with Crippen molar-refractivity contribution >= 4 is 23.5 Å². The van der Waals surface area contributed by atoms with Crippen LogP contribution >= 0.6 is 11.6 Å². The van der Waals surface area contributed by atoms with Gasteiger partial charge in [0.25, 0.3) is 0 Å². The topological polar surface area (TPSA) is 78.9 Å². The average Bonchev–Trinajstić information content (AvgIpc) is 2.73. The van der Waals surface area contributed by atoms with Crippen molar-refractivity contribution in [1.29, 1.82) is 0 Å². The molecule has 1 aromatic carbocycles. The summed E-state index contributed by atoms with van der Waals surface area (Å²) in [6, 6.07) is 6.75. The number of benzene rings is 1. The largest absolute Gasteiger partial charge is 0.389 e. The summed E-state index contributed by atoms with van der Waals surface area (Å²) in [5, 5.41) is 12.7. The molecule has 0 radical (unpaired) electrons. The van der Waals surface area contributed by atoms with Crippen LogP contribution in [0.2, 0.25) is 5.02 Å². The van der Waals surface area contributed by atoms with Gasteiger partial charge in [0.05, 0.1) is 32.4 Å². The molecule has 7 heteroatoms. The van der Waals surface area contributed by atoms with Gasteiger partial charge in [0, 0.05) is 5.02 Å². The summed E-state index contributed by atoms with van der Waals surface area (Å²) < 4.78 is 5.34. The van der Waals surface area contributed by atoms with Crippen LogP contribution in [-0.2, 0) is 16.1 Å². The van der Waals surface area contributed by atoms with E-state index in [1.165, 1.54) is 0 Å². The maximum absolute atomic E-state index is 11.3. The molecule has 1 aromatic rings. The molecule has 1 saturated heterocycles. The van der Waals surface area contributed by atoms with Gasteiger partial charge in [-0.3, -0.25) is 9.69 Å². The molecule has 0 saturated carbocycles. The van der Waals surface area contributed by atoms with E-state index < -0.39 is 12.1 Å². The van der Waals surface area contributed by atoms with E-state index >= 15 is 0 Å². The van der Waals surface area contributed by atoms with Crippen molar-refractivity contribution in [3.8, 4) is 0 Å². The molecule has 2 rings (SSSR count). The highest BCUT2D eigenvalue weighted by Crippen LogP contribution is 2.15. The zero-order valence-corrected chi connectivity index (χ0v) is 11.5. The molecular weight excluding hydrogens is 284 g/mol. The lowest BCUT2D eigenvalue weighted by molar-refractivity contribution is -0.126. The zero-order chi connectivity index (χ0) is 14.5. The van der Waals surface area contributed by atoms with Gasteiger partial charge in [-0.05, 0) is 11.6 Å². The van der Waals surface area contributed by atoms with E-state index in [2.05, 4.69) is 5.32 Å². The SMILES string of the molecule is O=C1CNC(=O)N1CC(O)COCc1ccccc1Cl. The van der Waals surface area contributed by atoms with Crippen LogP contribution in [0, 0.1) is 0 Å². The van der Waals surface area contributed by atoms with E-state index in [9.17, 15) is 14.7 Å². The Morgan fingerprint density at radius 2 is 2.15 bits per heavy atom. The number of rotatable bonds is 6. The Labute approximate surface area is 121 Å². The first kappa shape index (κ1) is 14.8. The third-order valence-electron chi connectivity index (χ3n) is 2.86. The molecule has 3 amide bonds. The first-order valence-corrected chi connectivity index (χ1v) is 6.53. The maximum Gasteiger partial charge on any atom is 0.324 e. The number of aliphatic hydroxyl groups is 1. The summed E-state index contributed by atoms with van der Waals surface area (Å²) in [6.45, 7) is 0.179. The predicted molar refractivity (Wildman–Crippen MR) is 72.2 cm³/mol. The molecule has 2 N–H and O–H groups in total. The summed E-state index contributed by atoms with van der Waals surface area (Å²) >= 11 is 5.97. The minimum atomic E-state index is -0.926. The Bertz CT molecular complexity index is 493. The van der Waals surface area contributed by atoms with E-state index in [0.29, 0.717) is 5.02 Å². The fraction of sp³-hybridized carbons (Fsp3) is 0.385. The van der Waals surface area contributed by atoms with E-state index in [-0.39, 0.29) is 32.2 Å². The lowest BCUT2D eigenvalue weighted by atomic mass is 10.2. The van der Waals surface area contributed by atoms with Crippen LogP contribution in [0.1, 0.15) is 5.56 Å². The van der Waals surface area contributed by atoms with Crippen LogP contribution in [0.15, 0.2) is 24.3 Å². The number of hydrogen-bond donors (Lipinski definition) is 2. The second-order valence-electron chi connectivity index (χ2n) is 4.42. The molecule has 1 atom stereocenters. The predicted octanol–water partition coefficient (Wildman–Crippen LogP) is 0.769. The molecule has 1 aliphatic heterocycles. The highest BCUT2D eigenvalue weighted by atomic mass is 35.5. The van der Waals surface area contributed by atoms with Crippen LogP contribution in [0.5, 0.6) is 0 Å². The van der Waals surface area contributed by atoms with Gasteiger partial charge in [-0.2, -0.15) is 0 Å². The Hall–Kier alpha value is -1.63. The number of nitrogens with one attached hydrogen (secondary N) is 1. The number of imide groups is 1. The monoisotopic (exact) mass is 298 g/mol. The summed E-state index contributed by atoms with van der Waals surface area (Å²) in [5.41, 5.74) is 0.816. The molecule has 1 fully saturated rings. The highest BCUT2D eigenvalue weighted by Gasteiger charge is 2.30. The van der Waals surface area contributed by atoms with Crippen LogP contribution in [0.4, 0.5) is 4.79 Å². The minimum absolute atomic E-state index is 0.0162. The number of aliphatic hydroxyl groups excluding tert-OH is 1. The van der Waals surface area contributed by atoms with Crippen molar-refractivity contribution in [3.63, 3.8) is 0 Å². The standard InChI is InChI=1S/C13H15ClN2O4/c14-11-4-2-1-3-9(11)7-20-8-10(17)6-16-12(18)5-15-13(16)19/h1-4,10,17H,5-8H2,(H,15,19). The molecule has 1 unspecified atom stereocenters. The van der Waals surface area contributed by atoms with Crippen LogP contribution in [0.3, 0.4) is 0 Å². The Kier molecular flexibility index (Phi) is 4.94. The molecule has 6 nitrogen and oxygen atoms in total. The van der Waals surface area contributed by atoms with Crippen molar-refractivity contribution in [2.45, 2.75) is 12.7 Å². The van der Waals surface area contributed by atoms with E-state index in [1.54, 1.807) is 6.07 Å². The zero-order valence-electron chi connectivity index (χ0n) is 10.7. The van der Waals surface area contributed by atoms with Gasteiger partial charge >= 0.3 is 6.03 Å². The Morgan fingerprint density at radius 1 is 1.40 bits per heavy atom. The van der Waals surface area contributed by atoms with Crippen LogP contribution < -0.4 is 5.32 Å². The molecule has 20 heavy (non-hydrogen) atoms. The molecule has 0 aromatic heterocycles. The molecular formula is C13H15ClN2O4. The van der Waals surface area contributed by atoms with Crippen molar-refractivity contribution in [3.05, 3.63) is 34.9 Å². The van der Waals surface area contributed by atoms with E-state index in [1.807, 2.05) is 18.2 Å². The molecule has 0 spiro atoms. The highest BCUT2D eigenvalue weighted by molar-refractivity contribution is 6.31. The van der Waals surface area contributed by atoms with E-state index in [0.717, 1.165) is 10.5 Å². The number of β-amino-alcohol motifs (C(OH)–C–C–N with tert-alkyl or cyclic N) is 1. The smallest absolute Gasteiger partial charge is 0.324 e. The number of amides is 3. The number of carbonyl (C=O) groups excluding carboxylic acids is 2. The number of carbonyl (C=O) groups is 2. The Balaban J connectivity index is 1.75. The molecule has 108 valence electrons. The third-order valence-corrected chi connectivity index (χ3v) is 3.22. The normalized spacial score (nSPS) is 16.4. The molecule has 1 aliphatic rings. The van der Waals surface area contributed by atoms with Crippen molar-refractivity contribution in [1.82, 2.24) is 10.2 Å². The lowest BCUT2D eigenvalue weighted by Gasteiger charge is -2.17. The van der Waals surface area contributed by atoms with Gasteiger partial charge in [0.2, 0.25) is 5.91 Å². The third kappa shape index (κ3) is 3.69. The fourth-order valence-corrected chi connectivity index (χ4v) is 2.01. The quantitative estimate of drug-likeness (QED) is 0.760. The van der Waals surface area contributed by atoms with Gasteiger partial charge in [-0.15, -0.1) is 0 Å². The van der Waals surface area contributed by atoms with Crippen LogP contribution in [-0.4, -0.2) is 47.7 Å². The van der Waals surface area contributed by atoms with Gasteiger partial charge < -0.3 is 15.2 Å². The summed E-state index contributed by atoms with van der Waals surface area (Å²) in [7, 11) is 0. The minimum Gasteiger partial charge on any atom is -0.389 e. The second kappa shape index (κ2) is 6.69. The summed E-state index contributed by atoms with van der Waals surface area (Å²) in [4.78, 5) is 23.6. The molecule has 1 heterocycles. The van der Waals surface area contributed by atoms with E-state index in [4.69, 9.17) is 16.3 Å². The number of hydrogen-bond acceptors (Lipinski definition) is 4. The van der Waals surface area contributed by atoms with Gasteiger partial charge in [-0.25, -0.2) is 4.79 Å². The fourth-order valence-electron chi connectivity index (χ4n) is 1.82. The lowest BCUT2D eigenvalue weighted by Crippen LogP contribution is -2.39. The van der Waals surface area contributed by atoms with Gasteiger partial charge in [-0.1, -0.05) is 29.8 Å². The average molecular weight is 299 g/mol. The van der Waals surface area contributed by atoms with Gasteiger partial charge in [0.15, 0.2) is 0 Å². The van der Waals surface area contributed by atoms with Crippen LogP contribution in [0.25, 0.3) is 0 Å². The summed E-state index contributed by atoms with van der Waals surface area (Å²) in [6.07, 6.45) is -0.926. The Morgan fingerprint density at radius 3 is 2.80 bits per heavy atom. The molecule has 0 bridgehead atoms. The second-order valence-corrected chi connectivity index (χ2v) is 4.83. The first-order valence-electron chi connectivity index (χ1n) is 6.15. The molecule has 0 aliphatic carbocycles. The number of urea groups is 1. The number of ether oxygens (including phenoxy) is 1.